The molecule has 0 atom stereocenters. The number of pyridine rings is 2. The molecule has 0 fully saturated rings. The van der Waals surface area contributed by atoms with Gasteiger partial charge in [0.2, 0.25) is 0 Å². The summed E-state index contributed by atoms with van der Waals surface area (Å²) in [5.41, 5.74) is 3.45. The van der Waals surface area contributed by atoms with Crippen LogP contribution in [0.5, 0.6) is 0 Å². The minimum atomic E-state index is 0.516. The molecule has 4 heterocycles. The fourth-order valence-corrected chi connectivity index (χ4v) is 3.18. The van der Waals surface area contributed by atoms with Gasteiger partial charge in [0.25, 0.3) is 0 Å². The molecule has 0 bridgehead atoms. The molecule has 8 heteroatoms. The second-order valence-corrected chi connectivity index (χ2v) is 6.57. The lowest BCUT2D eigenvalue weighted by molar-refractivity contribution is 0.561. The quantitative estimate of drug-likeness (QED) is 0.468. The summed E-state index contributed by atoms with van der Waals surface area (Å²) in [5, 5.41) is 4.60. The predicted octanol–water partition coefficient (Wildman–Crippen LogP) is 4.93. The van der Waals surface area contributed by atoms with Gasteiger partial charge in [-0.1, -0.05) is 11.6 Å². The molecule has 136 valence electrons. The van der Waals surface area contributed by atoms with Crippen LogP contribution in [0.25, 0.3) is 33.5 Å². The molecular weight excluding hydrogens is 376 g/mol. The molecule has 0 radical (unpaired) electrons. The maximum atomic E-state index is 6.46. The van der Waals surface area contributed by atoms with Crippen LogP contribution in [0.15, 0.2) is 59.4 Å². The van der Waals surface area contributed by atoms with Crippen molar-refractivity contribution in [2.45, 2.75) is 6.92 Å². The maximum absolute atomic E-state index is 6.46. The van der Waals surface area contributed by atoms with Gasteiger partial charge in [0.15, 0.2) is 22.9 Å². The largest absolute Gasteiger partial charge is 0.441 e. The fourth-order valence-electron chi connectivity index (χ4n) is 2.97. The molecule has 0 saturated carbocycles. The zero-order chi connectivity index (χ0) is 19.1. The Labute approximate surface area is 164 Å². The number of benzene rings is 1. The van der Waals surface area contributed by atoms with Crippen LogP contribution in [0.2, 0.25) is 5.02 Å². The van der Waals surface area contributed by atoms with Crippen molar-refractivity contribution in [1.29, 1.82) is 0 Å². The Morgan fingerprint density at radius 2 is 1.86 bits per heavy atom. The Kier molecular flexibility index (Phi) is 3.87. The molecule has 28 heavy (non-hydrogen) atoms. The summed E-state index contributed by atoms with van der Waals surface area (Å²) in [6.07, 6.45) is 5.10. The van der Waals surface area contributed by atoms with Crippen LogP contribution in [0.3, 0.4) is 0 Å². The van der Waals surface area contributed by atoms with Gasteiger partial charge in [0.05, 0.1) is 16.1 Å². The number of fused-ring (bicyclic) bond motifs is 2. The Morgan fingerprint density at radius 1 is 1.00 bits per heavy atom. The van der Waals surface area contributed by atoms with Crippen molar-refractivity contribution in [3.63, 3.8) is 0 Å². The highest BCUT2D eigenvalue weighted by Gasteiger charge is 2.14. The normalized spacial score (nSPS) is 11.2. The molecule has 1 aromatic carbocycles. The molecule has 0 aliphatic carbocycles. The third kappa shape index (κ3) is 2.91. The minimum absolute atomic E-state index is 0.516. The summed E-state index contributed by atoms with van der Waals surface area (Å²) in [6, 6.07) is 11.0. The standard InChI is InChI=1S/C20H13ClN6O/c1-11-24-16-9-14(21)15(10-17(16)28-11)25-20-13-3-2-6-23-19(13)26-18(27-20)12-4-7-22-8-5-12/h2-10H,1H3,(H,23,25,26,27). The zero-order valence-corrected chi connectivity index (χ0v) is 15.5. The average Bonchev–Trinajstić information content (AvgIpc) is 3.07. The van der Waals surface area contributed by atoms with E-state index in [0.717, 1.165) is 10.9 Å². The van der Waals surface area contributed by atoms with Crippen molar-refractivity contribution in [2.75, 3.05) is 5.32 Å². The number of anilines is 2. The van der Waals surface area contributed by atoms with Crippen molar-refractivity contribution >= 4 is 45.2 Å². The van der Waals surface area contributed by atoms with E-state index in [1.54, 1.807) is 31.6 Å². The van der Waals surface area contributed by atoms with Crippen LogP contribution in [0.4, 0.5) is 11.5 Å². The summed E-state index contributed by atoms with van der Waals surface area (Å²) in [6.45, 7) is 1.80. The van der Waals surface area contributed by atoms with Gasteiger partial charge < -0.3 is 9.73 Å². The molecule has 0 aliphatic heterocycles. The van der Waals surface area contributed by atoms with Crippen LogP contribution in [-0.2, 0) is 0 Å². The fraction of sp³-hybridized carbons (Fsp3) is 0.0500. The highest BCUT2D eigenvalue weighted by atomic mass is 35.5. The summed E-state index contributed by atoms with van der Waals surface area (Å²) < 4.78 is 5.62. The van der Waals surface area contributed by atoms with Crippen LogP contribution in [0, 0.1) is 6.92 Å². The number of oxazole rings is 1. The molecule has 0 spiro atoms. The number of nitrogens with zero attached hydrogens (tertiary/aromatic N) is 5. The molecule has 1 N–H and O–H groups in total. The first kappa shape index (κ1) is 16.6. The van der Waals surface area contributed by atoms with Crippen LogP contribution in [0.1, 0.15) is 5.89 Å². The van der Waals surface area contributed by atoms with Gasteiger partial charge in [0.1, 0.15) is 11.3 Å². The first-order chi connectivity index (χ1) is 13.7. The SMILES string of the molecule is Cc1nc2cc(Cl)c(Nc3nc(-c4ccncc4)nc4ncccc34)cc2o1. The molecule has 0 aliphatic rings. The Hall–Kier alpha value is -3.58. The van der Waals surface area contributed by atoms with Gasteiger partial charge in [-0.3, -0.25) is 4.98 Å². The van der Waals surface area contributed by atoms with E-state index in [1.807, 2.05) is 30.3 Å². The number of nitrogens with one attached hydrogen (secondary N) is 1. The highest BCUT2D eigenvalue weighted by Crippen LogP contribution is 2.32. The van der Waals surface area contributed by atoms with Crippen molar-refractivity contribution in [3.05, 3.63) is 65.9 Å². The summed E-state index contributed by atoms with van der Waals surface area (Å²) in [4.78, 5) is 22.0. The number of hydrogen-bond acceptors (Lipinski definition) is 7. The third-order valence-corrected chi connectivity index (χ3v) is 4.56. The molecule has 0 saturated heterocycles. The van der Waals surface area contributed by atoms with Crippen molar-refractivity contribution in [2.24, 2.45) is 0 Å². The monoisotopic (exact) mass is 388 g/mol. The Bertz CT molecular complexity index is 1320. The van der Waals surface area contributed by atoms with E-state index in [0.29, 0.717) is 45.0 Å². The third-order valence-electron chi connectivity index (χ3n) is 4.25. The van der Waals surface area contributed by atoms with Crippen molar-refractivity contribution < 1.29 is 4.42 Å². The van der Waals surface area contributed by atoms with E-state index >= 15 is 0 Å². The summed E-state index contributed by atoms with van der Waals surface area (Å²) >= 11 is 6.46. The molecular formula is C20H13ClN6O. The van der Waals surface area contributed by atoms with Gasteiger partial charge >= 0.3 is 0 Å². The maximum Gasteiger partial charge on any atom is 0.192 e. The first-order valence-electron chi connectivity index (χ1n) is 8.54. The zero-order valence-electron chi connectivity index (χ0n) is 14.7. The summed E-state index contributed by atoms with van der Waals surface area (Å²) in [5.74, 6) is 1.73. The lowest BCUT2D eigenvalue weighted by Crippen LogP contribution is -2.01. The van der Waals surface area contributed by atoms with E-state index in [1.165, 1.54) is 0 Å². The number of hydrogen-bond donors (Lipinski definition) is 1. The Morgan fingerprint density at radius 3 is 2.71 bits per heavy atom. The van der Waals surface area contributed by atoms with Crippen LogP contribution >= 0.6 is 11.6 Å². The van der Waals surface area contributed by atoms with E-state index in [2.05, 4.69) is 25.3 Å². The van der Waals surface area contributed by atoms with Crippen LogP contribution in [-0.4, -0.2) is 24.9 Å². The van der Waals surface area contributed by atoms with Crippen molar-refractivity contribution in [1.82, 2.24) is 24.9 Å². The number of rotatable bonds is 3. The second kappa shape index (κ2) is 6.54. The second-order valence-electron chi connectivity index (χ2n) is 6.16. The van der Waals surface area contributed by atoms with E-state index < -0.39 is 0 Å². The minimum Gasteiger partial charge on any atom is -0.441 e. The lowest BCUT2D eigenvalue weighted by atomic mass is 10.2. The number of aromatic nitrogens is 5. The molecule has 0 unspecified atom stereocenters. The van der Waals surface area contributed by atoms with Gasteiger partial charge in [-0.15, -0.1) is 0 Å². The van der Waals surface area contributed by atoms with E-state index in [4.69, 9.17) is 21.0 Å². The predicted molar refractivity (Wildman–Crippen MR) is 108 cm³/mol. The number of halogens is 1. The molecule has 7 nitrogen and oxygen atoms in total. The smallest absolute Gasteiger partial charge is 0.192 e. The van der Waals surface area contributed by atoms with E-state index in [9.17, 15) is 0 Å². The molecule has 4 aromatic heterocycles. The lowest BCUT2D eigenvalue weighted by Gasteiger charge is -2.11. The molecule has 5 rings (SSSR count). The van der Waals surface area contributed by atoms with Gasteiger partial charge in [-0.25, -0.2) is 19.9 Å². The van der Waals surface area contributed by atoms with Crippen molar-refractivity contribution in [3.8, 4) is 11.4 Å². The topological polar surface area (TPSA) is 89.6 Å². The number of aryl methyl sites for hydroxylation is 1. The highest BCUT2D eigenvalue weighted by molar-refractivity contribution is 6.34. The Balaban J connectivity index is 1.67. The average molecular weight is 389 g/mol. The first-order valence-corrected chi connectivity index (χ1v) is 8.92. The summed E-state index contributed by atoms with van der Waals surface area (Å²) in [7, 11) is 0. The van der Waals surface area contributed by atoms with E-state index in [-0.39, 0.29) is 0 Å². The molecule has 0 amide bonds. The van der Waals surface area contributed by atoms with Crippen LogP contribution < -0.4 is 5.32 Å². The molecule has 5 aromatic rings. The van der Waals surface area contributed by atoms with Gasteiger partial charge in [-0.2, -0.15) is 0 Å². The van der Waals surface area contributed by atoms with Gasteiger partial charge in [-0.05, 0) is 30.3 Å². The van der Waals surface area contributed by atoms with Gasteiger partial charge in [0, 0.05) is 37.1 Å².